The fraction of sp³-hybridized carbons (Fsp3) is 0.550. The van der Waals surface area contributed by atoms with Crippen molar-refractivity contribution in [1.29, 1.82) is 0 Å². The molecule has 1 amide bonds. The molecule has 0 radical (unpaired) electrons. The Labute approximate surface area is 171 Å². The average Bonchev–Trinajstić information content (AvgIpc) is 3.29. The second-order valence-electron chi connectivity index (χ2n) is 7.84. The zero-order valence-corrected chi connectivity index (χ0v) is 17.5. The van der Waals surface area contributed by atoms with Crippen LogP contribution in [-0.4, -0.2) is 64.5 Å². The molecule has 3 heterocycles. The number of amides is 1. The van der Waals surface area contributed by atoms with Gasteiger partial charge in [0.15, 0.2) is 0 Å². The SMILES string of the molecule is Cc1ccc(S(=O)(=O)N2CCCCC2)cc1C(=O)N1CCC(n2cncn2)CC1. The largest absolute Gasteiger partial charge is 0.338 e. The first kappa shape index (κ1) is 20.0. The van der Waals surface area contributed by atoms with E-state index in [9.17, 15) is 13.2 Å². The number of rotatable bonds is 4. The summed E-state index contributed by atoms with van der Waals surface area (Å²) >= 11 is 0. The van der Waals surface area contributed by atoms with Gasteiger partial charge in [0.05, 0.1) is 10.9 Å². The molecule has 2 aliphatic rings. The van der Waals surface area contributed by atoms with E-state index in [2.05, 4.69) is 10.1 Å². The number of nitrogens with zero attached hydrogens (tertiary/aromatic N) is 5. The van der Waals surface area contributed by atoms with Gasteiger partial charge in [-0.2, -0.15) is 9.40 Å². The molecule has 0 atom stereocenters. The maximum Gasteiger partial charge on any atom is 0.254 e. The van der Waals surface area contributed by atoms with E-state index >= 15 is 0 Å². The number of aromatic nitrogens is 3. The molecule has 9 heteroatoms. The lowest BCUT2D eigenvalue weighted by atomic mass is 10.0. The van der Waals surface area contributed by atoms with Crippen LogP contribution in [0, 0.1) is 6.92 Å². The van der Waals surface area contributed by atoms with Gasteiger partial charge in [-0.25, -0.2) is 18.1 Å². The molecule has 0 aliphatic carbocycles. The standard InChI is InChI=1S/C20H27N5O3S/c1-16-5-6-18(29(27,28)24-9-3-2-4-10-24)13-19(16)20(26)23-11-7-17(8-12-23)25-15-21-14-22-25/h5-6,13-15,17H,2-4,7-12H2,1H3. The highest BCUT2D eigenvalue weighted by Crippen LogP contribution is 2.26. The van der Waals surface area contributed by atoms with Crippen LogP contribution in [0.2, 0.25) is 0 Å². The van der Waals surface area contributed by atoms with Gasteiger partial charge in [-0.15, -0.1) is 0 Å². The van der Waals surface area contributed by atoms with E-state index in [0.29, 0.717) is 31.7 Å². The van der Waals surface area contributed by atoms with Gasteiger partial charge < -0.3 is 4.90 Å². The summed E-state index contributed by atoms with van der Waals surface area (Å²) < 4.78 is 29.4. The Balaban J connectivity index is 1.51. The van der Waals surface area contributed by atoms with E-state index in [1.54, 1.807) is 28.8 Å². The van der Waals surface area contributed by atoms with E-state index in [4.69, 9.17) is 0 Å². The van der Waals surface area contributed by atoms with Crippen molar-refractivity contribution in [3.8, 4) is 0 Å². The summed E-state index contributed by atoms with van der Waals surface area (Å²) in [6, 6.07) is 5.16. The molecule has 2 aromatic rings. The maximum absolute atomic E-state index is 13.2. The van der Waals surface area contributed by atoms with Gasteiger partial charge >= 0.3 is 0 Å². The summed E-state index contributed by atoms with van der Waals surface area (Å²) in [5.74, 6) is -0.102. The number of benzene rings is 1. The van der Waals surface area contributed by atoms with Gasteiger partial charge in [0.2, 0.25) is 10.0 Å². The highest BCUT2D eigenvalue weighted by atomic mass is 32.2. The summed E-state index contributed by atoms with van der Waals surface area (Å²) in [5, 5.41) is 4.20. The van der Waals surface area contributed by atoms with E-state index < -0.39 is 10.0 Å². The van der Waals surface area contributed by atoms with Gasteiger partial charge in [0.25, 0.3) is 5.91 Å². The van der Waals surface area contributed by atoms with Crippen LogP contribution in [-0.2, 0) is 10.0 Å². The molecule has 2 saturated heterocycles. The van der Waals surface area contributed by atoms with Gasteiger partial charge in [0, 0.05) is 31.7 Å². The lowest BCUT2D eigenvalue weighted by molar-refractivity contribution is 0.0689. The Bertz CT molecular complexity index is 960. The van der Waals surface area contributed by atoms with Crippen LogP contribution in [0.4, 0.5) is 0 Å². The maximum atomic E-state index is 13.2. The third-order valence-electron chi connectivity index (χ3n) is 5.95. The van der Waals surface area contributed by atoms with Crippen LogP contribution in [0.3, 0.4) is 0 Å². The number of sulfonamides is 1. The highest BCUT2D eigenvalue weighted by Gasteiger charge is 2.29. The molecule has 2 fully saturated rings. The van der Waals surface area contributed by atoms with Gasteiger partial charge in [-0.05, 0) is 50.3 Å². The van der Waals surface area contributed by atoms with Crippen LogP contribution >= 0.6 is 0 Å². The minimum atomic E-state index is -3.56. The van der Waals surface area contributed by atoms with Crippen molar-refractivity contribution in [3.05, 3.63) is 42.0 Å². The fourth-order valence-electron chi connectivity index (χ4n) is 4.16. The van der Waals surface area contributed by atoms with E-state index in [1.807, 2.05) is 16.5 Å². The number of aryl methyl sites for hydroxylation is 1. The van der Waals surface area contributed by atoms with Gasteiger partial charge in [-0.3, -0.25) is 4.79 Å². The molecule has 0 saturated carbocycles. The normalized spacial score (nSPS) is 19.4. The zero-order chi connectivity index (χ0) is 20.4. The average molecular weight is 418 g/mol. The van der Waals surface area contributed by atoms with Crippen LogP contribution in [0.25, 0.3) is 0 Å². The smallest absolute Gasteiger partial charge is 0.254 e. The van der Waals surface area contributed by atoms with E-state index in [0.717, 1.165) is 37.7 Å². The molecule has 1 aromatic carbocycles. The number of hydrogen-bond acceptors (Lipinski definition) is 5. The van der Waals surface area contributed by atoms with Crippen LogP contribution in [0.1, 0.15) is 54.1 Å². The fourth-order valence-corrected chi connectivity index (χ4v) is 5.70. The Morgan fingerprint density at radius 3 is 2.45 bits per heavy atom. The summed E-state index contributed by atoms with van der Waals surface area (Å²) in [6.45, 7) is 4.19. The predicted molar refractivity (Wildman–Crippen MR) is 108 cm³/mol. The minimum absolute atomic E-state index is 0.102. The van der Waals surface area contributed by atoms with Crippen molar-refractivity contribution in [1.82, 2.24) is 24.0 Å². The highest BCUT2D eigenvalue weighted by molar-refractivity contribution is 7.89. The first-order valence-corrected chi connectivity index (χ1v) is 11.6. The Morgan fingerprint density at radius 1 is 1.07 bits per heavy atom. The molecular weight excluding hydrogens is 390 g/mol. The molecule has 0 N–H and O–H groups in total. The monoisotopic (exact) mass is 417 g/mol. The van der Waals surface area contributed by atoms with Crippen molar-refractivity contribution >= 4 is 15.9 Å². The molecule has 4 rings (SSSR count). The van der Waals surface area contributed by atoms with Gasteiger partial charge in [0.1, 0.15) is 12.7 Å². The van der Waals surface area contributed by atoms with Crippen molar-refractivity contribution in [3.63, 3.8) is 0 Å². The Hall–Kier alpha value is -2.26. The second kappa shape index (κ2) is 8.23. The lowest BCUT2D eigenvalue weighted by Gasteiger charge is -2.32. The molecule has 0 bridgehead atoms. The van der Waals surface area contributed by atoms with E-state index in [1.165, 1.54) is 6.33 Å². The minimum Gasteiger partial charge on any atom is -0.338 e. The van der Waals surface area contributed by atoms with Crippen molar-refractivity contribution in [2.24, 2.45) is 0 Å². The molecule has 8 nitrogen and oxygen atoms in total. The first-order valence-electron chi connectivity index (χ1n) is 10.2. The number of likely N-dealkylation sites (tertiary alicyclic amines) is 1. The lowest BCUT2D eigenvalue weighted by Crippen LogP contribution is -2.39. The van der Waals surface area contributed by atoms with Crippen LogP contribution in [0.5, 0.6) is 0 Å². The van der Waals surface area contributed by atoms with Gasteiger partial charge in [-0.1, -0.05) is 12.5 Å². The van der Waals surface area contributed by atoms with Crippen molar-refractivity contribution < 1.29 is 13.2 Å². The Kier molecular flexibility index (Phi) is 5.69. The molecule has 29 heavy (non-hydrogen) atoms. The molecule has 0 spiro atoms. The molecule has 2 aliphatic heterocycles. The first-order chi connectivity index (χ1) is 14.0. The topological polar surface area (TPSA) is 88.4 Å². The summed E-state index contributed by atoms with van der Waals surface area (Å²) in [7, 11) is -3.56. The number of carbonyl (C=O) groups is 1. The third-order valence-corrected chi connectivity index (χ3v) is 7.85. The van der Waals surface area contributed by atoms with Crippen LogP contribution < -0.4 is 0 Å². The molecule has 156 valence electrons. The number of carbonyl (C=O) groups excluding carboxylic acids is 1. The summed E-state index contributed by atoms with van der Waals surface area (Å²) in [4.78, 5) is 19.2. The predicted octanol–water partition coefficient (Wildman–Crippen LogP) is 2.24. The summed E-state index contributed by atoms with van der Waals surface area (Å²) in [6.07, 6.45) is 7.68. The Morgan fingerprint density at radius 2 is 1.79 bits per heavy atom. The van der Waals surface area contributed by atoms with Crippen molar-refractivity contribution in [2.45, 2.75) is 50.0 Å². The van der Waals surface area contributed by atoms with Crippen LogP contribution in [0.15, 0.2) is 35.7 Å². The zero-order valence-electron chi connectivity index (χ0n) is 16.7. The quantitative estimate of drug-likeness (QED) is 0.761. The molecule has 0 unspecified atom stereocenters. The number of hydrogen-bond donors (Lipinski definition) is 0. The van der Waals surface area contributed by atoms with E-state index in [-0.39, 0.29) is 16.8 Å². The molecular formula is C20H27N5O3S. The molecule has 1 aromatic heterocycles. The number of piperidine rings is 2. The summed E-state index contributed by atoms with van der Waals surface area (Å²) in [5.41, 5.74) is 1.27. The third kappa shape index (κ3) is 4.06. The second-order valence-corrected chi connectivity index (χ2v) is 9.78. The van der Waals surface area contributed by atoms with Crippen molar-refractivity contribution in [2.75, 3.05) is 26.2 Å².